The van der Waals surface area contributed by atoms with Gasteiger partial charge in [0.1, 0.15) is 12.2 Å². The van der Waals surface area contributed by atoms with Gasteiger partial charge in [0.15, 0.2) is 0 Å². The van der Waals surface area contributed by atoms with Gasteiger partial charge in [0.05, 0.1) is 11.6 Å². The topological polar surface area (TPSA) is 107 Å². The second kappa shape index (κ2) is 9.69. The molecule has 1 aliphatic heterocycles. The first-order valence-electron chi connectivity index (χ1n) is 11.2. The lowest BCUT2D eigenvalue weighted by Crippen LogP contribution is -2.38. The predicted octanol–water partition coefficient (Wildman–Crippen LogP) is 4.06. The number of nitrogens with one attached hydrogen (secondary N) is 2. The van der Waals surface area contributed by atoms with Crippen LogP contribution in [0.1, 0.15) is 35.0 Å². The molecule has 0 spiro atoms. The van der Waals surface area contributed by atoms with E-state index in [1.165, 1.54) is 0 Å². The number of urea groups is 1. The van der Waals surface area contributed by atoms with Crippen LogP contribution in [-0.2, 0) is 16.0 Å². The van der Waals surface area contributed by atoms with Crippen molar-refractivity contribution >= 4 is 29.6 Å². The van der Waals surface area contributed by atoms with Crippen molar-refractivity contribution in [1.29, 1.82) is 5.26 Å². The highest BCUT2D eigenvalue weighted by Crippen LogP contribution is 2.24. The summed E-state index contributed by atoms with van der Waals surface area (Å²) in [6, 6.07) is 18.0. The summed E-state index contributed by atoms with van der Waals surface area (Å²) < 4.78 is 2.01. The number of nitrogens with zero attached hydrogens (tertiary/aromatic N) is 3. The van der Waals surface area contributed by atoms with E-state index in [4.69, 9.17) is 5.26 Å². The first kappa shape index (κ1) is 23.5. The lowest BCUT2D eigenvalue weighted by Gasteiger charge is -2.13. The average Bonchev–Trinajstić information content (AvgIpc) is 3.28. The largest absolute Gasteiger partial charge is 0.329 e. The molecule has 1 aromatic heterocycles. The van der Waals surface area contributed by atoms with Crippen LogP contribution < -0.4 is 10.6 Å². The normalized spacial score (nSPS) is 14.2. The molecule has 3 aromatic rings. The minimum Gasteiger partial charge on any atom is -0.324 e. The maximum absolute atomic E-state index is 12.9. The van der Waals surface area contributed by atoms with Crippen LogP contribution in [0.3, 0.4) is 0 Å². The van der Waals surface area contributed by atoms with E-state index in [9.17, 15) is 14.4 Å². The zero-order chi connectivity index (χ0) is 25.1. The Morgan fingerprint density at radius 1 is 1.11 bits per heavy atom. The molecule has 2 aromatic carbocycles. The van der Waals surface area contributed by atoms with E-state index in [0.717, 1.165) is 39.5 Å². The lowest BCUT2D eigenvalue weighted by molar-refractivity contribution is -0.127. The van der Waals surface area contributed by atoms with E-state index in [1.807, 2.05) is 61.7 Å². The third-order valence-corrected chi connectivity index (χ3v) is 5.96. The zero-order valence-electron chi connectivity index (χ0n) is 19.8. The second-order valence-corrected chi connectivity index (χ2v) is 8.26. The Morgan fingerprint density at radius 2 is 1.83 bits per heavy atom. The molecular formula is C27H25N5O3. The van der Waals surface area contributed by atoms with Gasteiger partial charge in [-0.25, -0.2) is 9.69 Å². The number of hydrogen-bond acceptors (Lipinski definition) is 4. The van der Waals surface area contributed by atoms with Gasteiger partial charge in [0.25, 0.3) is 5.91 Å². The number of nitriles is 1. The molecule has 1 fully saturated rings. The highest BCUT2D eigenvalue weighted by molar-refractivity contribution is 6.16. The van der Waals surface area contributed by atoms with Gasteiger partial charge in [0.2, 0.25) is 5.91 Å². The first-order chi connectivity index (χ1) is 16.8. The first-order valence-corrected chi connectivity index (χ1v) is 11.2. The Labute approximate surface area is 203 Å². The Balaban J connectivity index is 1.53. The molecule has 2 N–H and O–H groups in total. The highest BCUT2D eigenvalue weighted by atomic mass is 16.2. The fourth-order valence-electron chi connectivity index (χ4n) is 4.17. The van der Waals surface area contributed by atoms with E-state index < -0.39 is 17.8 Å². The van der Waals surface area contributed by atoms with Crippen molar-refractivity contribution < 1.29 is 14.4 Å². The molecule has 8 nitrogen and oxygen atoms in total. The van der Waals surface area contributed by atoms with Gasteiger partial charge < -0.3 is 15.2 Å². The van der Waals surface area contributed by atoms with Gasteiger partial charge in [-0.15, -0.1) is 0 Å². The molecular weight excluding hydrogens is 442 g/mol. The van der Waals surface area contributed by atoms with Crippen LogP contribution in [-0.4, -0.2) is 33.9 Å². The summed E-state index contributed by atoms with van der Waals surface area (Å²) in [6.07, 6.45) is 2.36. The van der Waals surface area contributed by atoms with Crippen molar-refractivity contribution in [3.8, 4) is 11.8 Å². The smallest absolute Gasteiger partial charge is 0.324 e. The summed E-state index contributed by atoms with van der Waals surface area (Å²) in [4.78, 5) is 38.9. The number of anilines is 1. The van der Waals surface area contributed by atoms with Gasteiger partial charge in [-0.05, 0) is 73.9 Å². The Morgan fingerprint density at radius 3 is 2.51 bits per heavy atom. The summed E-state index contributed by atoms with van der Waals surface area (Å²) >= 11 is 0. The van der Waals surface area contributed by atoms with Crippen molar-refractivity contribution in [2.75, 3.05) is 11.9 Å². The van der Waals surface area contributed by atoms with Crippen molar-refractivity contribution in [2.45, 2.75) is 27.2 Å². The van der Waals surface area contributed by atoms with E-state index >= 15 is 0 Å². The van der Waals surface area contributed by atoms with Gasteiger partial charge >= 0.3 is 6.03 Å². The van der Waals surface area contributed by atoms with E-state index in [1.54, 1.807) is 24.3 Å². The fraction of sp³-hybridized carbons (Fsp3) is 0.185. The highest BCUT2D eigenvalue weighted by Gasteiger charge is 2.35. The standard InChI is InChI=1S/C27H25N5O3/c1-4-20-7-5-6-8-23(20)29-25(33)16-31-26(34)24(30-27(31)35)14-21-13-17(2)32(18(21)3)22-11-9-19(15-28)10-12-22/h5-14H,4,16H2,1-3H3,(H,29,33)(H,30,35)/b24-14+. The number of carbonyl (C=O) groups excluding carboxylic acids is 3. The minimum absolute atomic E-state index is 0.108. The number of aryl methyl sites for hydroxylation is 2. The Kier molecular flexibility index (Phi) is 6.51. The molecule has 4 rings (SSSR count). The molecule has 2 heterocycles. The number of hydrogen-bond donors (Lipinski definition) is 2. The molecule has 0 aliphatic carbocycles. The second-order valence-electron chi connectivity index (χ2n) is 8.26. The summed E-state index contributed by atoms with van der Waals surface area (Å²) in [6.45, 7) is 5.45. The van der Waals surface area contributed by atoms with Gasteiger partial charge in [-0.2, -0.15) is 5.26 Å². The minimum atomic E-state index is -0.638. The van der Waals surface area contributed by atoms with Crippen molar-refractivity contribution in [3.05, 3.63) is 88.4 Å². The van der Waals surface area contributed by atoms with Crippen LogP contribution in [0.5, 0.6) is 0 Å². The molecule has 35 heavy (non-hydrogen) atoms. The van der Waals surface area contributed by atoms with Gasteiger partial charge in [0, 0.05) is 22.8 Å². The average molecular weight is 468 g/mol. The van der Waals surface area contributed by atoms with Crippen molar-refractivity contribution in [3.63, 3.8) is 0 Å². The monoisotopic (exact) mass is 467 g/mol. The van der Waals surface area contributed by atoms with E-state index in [2.05, 4.69) is 16.7 Å². The van der Waals surface area contributed by atoms with Crippen LogP contribution in [0.2, 0.25) is 0 Å². The molecule has 0 saturated carbocycles. The van der Waals surface area contributed by atoms with E-state index in [-0.39, 0.29) is 12.2 Å². The predicted molar refractivity (Wildman–Crippen MR) is 133 cm³/mol. The Bertz CT molecular complexity index is 1390. The third kappa shape index (κ3) is 4.70. The van der Waals surface area contributed by atoms with Crippen molar-refractivity contribution in [1.82, 2.24) is 14.8 Å². The summed E-state index contributed by atoms with van der Waals surface area (Å²) in [7, 11) is 0. The fourth-order valence-corrected chi connectivity index (χ4v) is 4.17. The molecule has 0 radical (unpaired) electrons. The van der Waals surface area contributed by atoms with Crippen molar-refractivity contribution in [2.24, 2.45) is 0 Å². The molecule has 8 heteroatoms. The van der Waals surface area contributed by atoms with Crippen LogP contribution in [0, 0.1) is 25.2 Å². The number of imide groups is 1. The molecule has 4 amide bonds. The summed E-state index contributed by atoms with van der Waals surface area (Å²) in [5.41, 5.74) is 5.76. The number of benzene rings is 2. The summed E-state index contributed by atoms with van der Waals surface area (Å²) in [5.74, 6) is -1.01. The third-order valence-electron chi connectivity index (χ3n) is 5.96. The van der Waals surface area contributed by atoms with Crippen LogP contribution in [0.4, 0.5) is 10.5 Å². The molecule has 0 bridgehead atoms. The SMILES string of the molecule is CCc1ccccc1NC(=O)CN1C(=O)N/C(=C/c2cc(C)n(-c3ccc(C#N)cc3)c2C)C1=O. The molecule has 0 atom stereocenters. The quantitative estimate of drug-likeness (QED) is 0.421. The number of amides is 4. The lowest BCUT2D eigenvalue weighted by atomic mass is 10.1. The zero-order valence-corrected chi connectivity index (χ0v) is 19.8. The van der Waals surface area contributed by atoms with Crippen LogP contribution >= 0.6 is 0 Å². The molecule has 176 valence electrons. The van der Waals surface area contributed by atoms with Crippen LogP contribution in [0.15, 0.2) is 60.3 Å². The molecule has 0 unspecified atom stereocenters. The number of para-hydroxylation sites is 1. The number of aromatic nitrogens is 1. The van der Waals surface area contributed by atoms with Gasteiger partial charge in [-0.1, -0.05) is 25.1 Å². The summed E-state index contributed by atoms with van der Waals surface area (Å²) in [5, 5.41) is 14.4. The number of carbonyl (C=O) groups is 3. The maximum atomic E-state index is 12.9. The number of rotatable bonds is 6. The molecule has 1 aliphatic rings. The Hall–Kier alpha value is -4.64. The molecule has 1 saturated heterocycles. The maximum Gasteiger partial charge on any atom is 0.329 e. The van der Waals surface area contributed by atoms with Crippen LogP contribution in [0.25, 0.3) is 11.8 Å². The van der Waals surface area contributed by atoms with Gasteiger partial charge in [-0.3, -0.25) is 9.59 Å². The van der Waals surface area contributed by atoms with E-state index in [0.29, 0.717) is 11.3 Å².